The standard InChI is InChI=1S/C14H15BrClNS/c1-3-17-9(2)13-6-7-14(18-13)11-8-10(15)4-5-12(11)16/h4-9,17H,3H2,1-2H3. The molecule has 0 aliphatic carbocycles. The third-order valence-electron chi connectivity index (χ3n) is 2.76. The van der Waals surface area contributed by atoms with Gasteiger partial charge in [0.15, 0.2) is 0 Å². The third-order valence-corrected chi connectivity index (χ3v) is 4.88. The Balaban J connectivity index is 2.32. The average molecular weight is 345 g/mol. The molecule has 2 aromatic rings. The number of thiophene rings is 1. The van der Waals surface area contributed by atoms with E-state index in [1.807, 2.05) is 12.1 Å². The summed E-state index contributed by atoms with van der Waals surface area (Å²) in [5.74, 6) is 0. The number of hydrogen-bond donors (Lipinski definition) is 1. The quantitative estimate of drug-likeness (QED) is 0.772. The Morgan fingerprint density at radius 1 is 1.33 bits per heavy atom. The fourth-order valence-electron chi connectivity index (χ4n) is 1.82. The van der Waals surface area contributed by atoms with E-state index in [1.165, 1.54) is 9.75 Å². The van der Waals surface area contributed by atoms with E-state index in [-0.39, 0.29) is 0 Å². The molecule has 1 nitrogen and oxygen atoms in total. The van der Waals surface area contributed by atoms with Gasteiger partial charge in [0, 0.05) is 30.9 Å². The minimum atomic E-state index is 0.389. The molecule has 0 amide bonds. The van der Waals surface area contributed by atoms with Crippen LogP contribution in [-0.4, -0.2) is 6.54 Å². The van der Waals surface area contributed by atoms with Crippen molar-refractivity contribution in [1.29, 1.82) is 0 Å². The molecule has 96 valence electrons. The fourth-order valence-corrected chi connectivity index (χ4v) is 3.52. The van der Waals surface area contributed by atoms with Crippen molar-refractivity contribution in [3.05, 3.63) is 44.7 Å². The topological polar surface area (TPSA) is 12.0 Å². The Bertz CT molecular complexity index is 538. The highest BCUT2D eigenvalue weighted by atomic mass is 79.9. The molecule has 0 aliphatic rings. The van der Waals surface area contributed by atoms with Gasteiger partial charge in [-0.2, -0.15) is 0 Å². The Morgan fingerprint density at radius 3 is 2.83 bits per heavy atom. The molecule has 18 heavy (non-hydrogen) atoms. The predicted octanol–water partition coefficient (Wildman–Crippen LogP) is 5.50. The summed E-state index contributed by atoms with van der Waals surface area (Å²) in [6, 6.07) is 10.7. The first-order valence-electron chi connectivity index (χ1n) is 5.90. The minimum absolute atomic E-state index is 0.389. The van der Waals surface area contributed by atoms with Gasteiger partial charge in [0.05, 0.1) is 0 Å². The zero-order valence-electron chi connectivity index (χ0n) is 10.3. The van der Waals surface area contributed by atoms with Crippen LogP contribution in [0.3, 0.4) is 0 Å². The molecule has 0 fully saturated rings. The lowest BCUT2D eigenvalue weighted by molar-refractivity contribution is 0.607. The highest BCUT2D eigenvalue weighted by Gasteiger charge is 2.11. The SMILES string of the molecule is CCNC(C)c1ccc(-c2cc(Br)ccc2Cl)s1. The second kappa shape index (κ2) is 6.20. The van der Waals surface area contributed by atoms with E-state index in [2.05, 4.69) is 53.3 Å². The van der Waals surface area contributed by atoms with Gasteiger partial charge < -0.3 is 5.32 Å². The Hall–Kier alpha value is -0.350. The lowest BCUT2D eigenvalue weighted by atomic mass is 10.2. The van der Waals surface area contributed by atoms with Crippen molar-refractivity contribution in [3.63, 3.8) is 0 Å². The Kier molecular flexibility index (Phi) is 4.84. The molecule has 1 atom stereocenters. The number of rotatable bonds is 4. The molecule has 1 N–H and O–H groups in total. The molecule has 0 spiro atoms. The lowest BCUT2D eigenvalue weighted by Crippen LogP contribution is -2.16. The maximum atomic E-state index is 6.25. The molecule has 1 heterocycles. The van der Waals surface area contributed by atoms with Crippen molar-refractivity contribution in [2.75, 3.05) is 6.54 Å². The highest BCUT2D eigenvalue weighted by molar-refractivity contribution is 9.10. The van der Waals surface area contributed by atoms with E-state index in [4.69, 9.17) is 11.6 Å². The molecule has 2 rings (SSSR count). The number of nitrogens with one attached hydrogen (secondary N) is 1. The summed E-state index contributed by atoms with van der Waals surface area (Å²) in [6.45, 7) is 5.28. The van der Waals surface area contributed by atoms with Crippen molar-refractivity contribution in [2.24, 2.45) is 0 Å². The molecule has 0 saturated heterocycles. The molecular weight excluding hydrogens is 330 g/mol. The fraction of sp³-hybridized carbons (Fsp3) is 0.286. The van der Waals surface area contributed by atoms with E-state index in [0.717, 1.165) is 21.6 Å². The van der Waals surface area contributed by atoms with Crippen LogP contribution < -0.4 is 5.32 Å². The van der Waals surface area contributed by atoms with Crippen LogP contribution in [0, 0.1) is 0 Å². The number of halogens is 2. The molecule has 0 saturated carbocycles. The lowest BCUT2D eigenvalue weighted by Gasteiger charge is -2.09. The summed E-state index contributed by atoms with van der Waals surface area (Å²) in [4.78, 5) is 2.55. The zero-order valence-corrected chi connectivity index (χ0v) is 13.5. The second-order valence-corrected chi connectivity index (χ2v) is 6.54. The summed E-state index contributed by atoms with van der Waals surface area (Å²) >= 11 is 11.5. The normalized spacial score (nSPS) is 12.7. The van der Waals surface area contributed by atoms with Crippen molar-refractivity contribution in [3.8, 4) is 10.4 Å². The first-order chi connectivity index (χ1) is 8.61. The van der Waals surface area contributed by atoms with Crippen LogP contribution in [0.1, 0.15) is 24.8 Å². The predicted molar refractivity (Wildman–Crippen MR) is 84.6 cm³/mol. The van der Waals surface area contributed by atoms with E-state index in [0.29, 0.717) is 6.04 Å². The highest BCUT2D eigenvalue weighted by Crippen LogP contribution is 2.36. The molecule has 0 aliphatic heterocycles. The van der Waals surface area contributed by atoms with E-state index in [9.17, 15) is 0 Å². The van der Waals surface area contributed by atoms with E-state index < -0.39 is 0 Å². The van der Waals surface area contributed by atoms with E-state index in [1.54, 1.807) is 11.3 Å². The first-order valence-corrected chi connectivity index (χ1v) is 7.89. The molecule has 1 aromatic carbocycles. The number of benzene rings is 1. The van der Waals surface area contributed by atoms with Gasteiger partial charge in [0.1, 0.15) is 0 Å². The van der Waals surface area contributed by atoms with Crippen LogP contribution in [0.25, 0.3) is 10.4 Å². The maximum absolute atomic E-state index is 6.25. The van der Waals surface area contributed by atoms with Gasteiger partial charge in [-0.15, -0.1) is 11.3 Å². The molecule has 0 bridgehead atoms. The summed E-state index contributed by atoms with van der Waals surface area (Å²) in [6.07, 6.45) is 0. The van der Waals surface area contributed by atoms with Crippen molar-refractivity contribution < 1.29 is 0 Å². The van der Waals surface area contributed by atoms with Gasteiger partial charge in [0.25, 0.3) is 0 Å². The van der Waals surface area contributed by atoms with Crippen molar-refractivity contribution >= 4 is 38.9 Å². The molecule has 4 heteroatoms. The van der Waals surface area contributed by atoms with Crippen LogP contribution in [0.15, 0.2) is 34.8 Å². The number of hydrogen-bond acceptors (Lipinski definition) is 2. The average Bonchev–Trinajstić information content (AvgIpc) is 2.82. The van der Waals surface area contributed by atoms with Gasteiger partial charge in [0.2, 0.25) is 0 Å². The Labute approximate surface area is 125 Å². The van der Waals surface area contributed by atoms with Gasteiger partial charge in [-0.1, -0.05) is 34.5 Å². The van der Waals surface area contributed by atoms with Crippen LogP contribution in [-0.2, 0) is 0 Å². The van der Waals surface area contributed by atoms with Crippen LogP contribution >= 0.6 is 38.9 Å². The summed E-state index contributed by atoms with van der Waals surface area (Å²) < 4.78 is 1.05. The van der Waals surface area contributed by atoms with Gasteiger partial charge >= 0.3 is 0 Å². The maximum Gasteiger partial charge on any atom is 0.0493 e. The molecular formula is C14H15BrClNS. The smallest absolute Gasteiger partial charge is 0.0493 e. The second-order valence-electron chi connectivity index (χ2n) is 4.11. The summed E-state index contributed by atoms with van der Waals surface area (Å²) in [7, 11) is 0. The van der Waals surface area contributed by atoms with E-state index >= 15 is 0 Å². The molecule has 0 radical (unpaired) electrons. The zero-order chi connectivity index (χ0) is 13.1. The monoisotopic (exact) mass is 343 g/mol. The Morgan fingerprint density at radius 2 is 2.11 bits per heavy atom. The van der Waals surface area contributed by atoms with Gasteiger partial charge in [-0.25, -0.2) is 0 Å². The van der Waals surface area contributed by atoms with Crippen LogP contribution in [0.4, 0.5) is 0 Å². The van der Waals surface area contributed by atoms with Crippen LogP contribution in [0.5, 0.6) is 0 Å². The molecule has 1 unspecified atom stereocenters. The third kappa shape index (κ3) is 3.15. The summed E-state index contributed by atoms with van der Waals surface area (Å²) in [5.41, 5.74) is 1.09. The summed E-state index contributed by atoms with van der Waals surface area (Å²) in [5, 5.41) is 4.21. The van der Waals surface area contributed by atoms with Crippen molar-refractivity contribution in [1.82, 2.24) is 5.32 Å². The largest absolute Gasteiger partial charge is 0.310 e. The minimum Gasteiger partial charge on any atom is -0.310 e. The van der Waals surface area contributed by atoms with Crippen molar-refractivity contribution in [2.45, 2.75) is 19.9 Å². The van der Waals surface area contributed by atoms with Gasteiger partial charge in [-0.3, -0.25) is 0 Å². The van der Waals surface area contributed by atoms with Gasteiger partial charge in [-0.05, 0) is 43.8 Å². The van der Waals surface area contributed by atoms with Crippen LogP contribution in [0.2, 0.25) is 5.02 Å². The molecule has 1 aromatic heterocycles. The first kappa shape index (κ1) is 14.1.